The largest absolute Gasteiger partial charge is 0.353 e. The lowest BCUT2D eigenvalue weighted by Crippen LogP contribution is -2.39. The van der Waals surface area contributed by atoms with Crippen LogP contribution in [-0.2, 0) is 4.79 Å². The zero-order valence-corrected chi connectivity index (χ0v) is 12.6. The van der Waals surface area contributed by atoms with Crippen molar-refractivity contribution in [3.05, 3.63) is 18.0 Å². The van der Waals surface area contributed by atoms with Crippen LogP contribution in [0.25, 0.3) is 0 Å². The summed E-state index contributed by atoms with van der Waals surface area (Å²) >= 11 is 0. The normalized spacial score (nSPS) is 18.5. The van der Waals surface area contributed by atoms with Crippen LogP contribution in [0.2, 0.25) is 0 Å². The van der Waals surface area contributed by atoms with E-state index in [-0.39, 0.29) is 11.9 Å². The van der Waals surface area contributed by atoms with Crippen LogP contribution < -0.4 is 5.32 Å². The first kappa shape index (κ1) is 15.0. The van der Waals surface area contributed by atoms with Gasteiger partial charge in [-0.3, -0.25) is 14.4 Å². The lowest BCUT2D eigenvalue weighted by molar-refractivity contribution is -0.122. The van der Waals surface area contributed by atoms with E-state index < -0.39 is 0 Å². The van der Waals surface area contributed by atoms with E-state index in [4.69, 9.17) is 0 Å². The third-order valence-electron chi connectivity index (χ3n) is 3.84. The topological polar surface area (TPSA) is 50.2 Å². The van der Waals surface area contributed by atoms with Gasteiger partial charge in [0.15, 0.2) is 0 Å². The van der Waals surface area contributed by atoms with Crippen molar-refractivity contribution in [1.29, 1.82) is 0 Å². The first-order valence-corrected chi connectivity index (χ1v) is 7.65. The molecule has 1 aromatic heterocycles. The third kappa shape index (κ3) is 4.63. The average Bonchev–Trinajstić information content (AvgIpc) is 2.70. The molecule has 1 aliphatic rings. The summed E-state index contributed by atoms with van der Waals surface area (Å²) in [6, 6.07) is 0.191. The lowest BCUT2D eigenvalue weighted by Gasteiger charge is -2.20. The average molecular weight is 278 g/mol. The number of aryl methyl sites for hydroxylation is 1. The molecule has 1 fully saturated rings. The van der Waals surface area contributed by atoms with Crippen molar-refractivity contribution in [1.82, 2.24) is 20.0 Å². The zero-order chi connectivity index (χ0) is 14.4. The molecule has 0 spiro atoms. The summed E-state index contributed by atoms with van der Waals surface area (Å²) in [4.78, 5) is 14.3. The molecule has 0 aliphatic carbocycles. The molecular weight excluding hydrogens is 252 g/mol. The van der Waals surface area contributed by atoms with Gasteiger partial charge in [-0.05, 0) is 45.3 Å². The van der Waals surface area contributed by atoms with Crippen LogP contribution in [0, 0.1) is 6.92 Å². The maximum atomic E-state index is 12.0. The minimum absolute atomic E-state index is 0.127. The number of hydrogen-bond acceptors (Lipinski definition) is 3. The van der Waals surface area contributed by atoms with E-state index in [0.717, 1.165) is 18.7 Å². The SMILES string of the molecule is Cc1cnn(C(C)CNC(=O)CN2CCCCCC2)c1. The molecule has 5 nitrogen and oxygen atoms in total. The van der Waals surface area contributed by atoms with Gasteiger partial charge in [-0.2, -0.15) is 5.10 Å². The highest BCUT2D eigenvalue weighted by Crippen LogP contribution is 2.09. The highest BCUT2D eigenvalue weighted by molar-refractivity contribution is 5.78. The maximum Gasteiger partial charge on any atom is 0.234 e. The van der Waals surface area contributed by atoms with Crippen LogP contribution in [0.3, 0.4) is 0 Å². The smallest absolute Gasteiger partial charge is 0.234 e. The monoisotopic (exact) mass is 278 g/mol. The number of nitrogens with zero attached hydrogens (tertiary/aromatic N) is 3. The number of likely N-dealkylation sites (tertiary alicyclic amines) is 1. The van der Waals surface area contributed by atoms with Gasteiger partial charge in [0.1, 0.15) is 0 Å². The molecule has 0 aromatic carbocycles. The molecule has 1 aliphatic heterocycles. The molecule has 112 valence electrons. The summed E-state index contributed by atoms with van der Waals surface area (Å²) in [5, 5.41) is 7.29. The summed E-state index contributed by atoms with van der Waals surface area (Å²) < 4.78 is 1.90. The second kappa shape index (κ2) is 7.43. The van der Waals surface area contributed by atoms with Crippen LogP contribution in [-0.4, -0.2) is 46.8 Å². The van der Waals surface area contributed by atoms with Crippen molar-refractivity contribution in [2.24, 2.45) is 0 Å². The molecule has 0 saturated carbocycles. The fraction of sp³-hybridized carbons (Fsp3) is 0.733. The fourth-order valence-electron chi connectivity index (χ4n) is 2.58. The van der Waals surface area contributed by atoms with Crippen molar-refractivity contribution in [2.75, 3.05) is 26.2 Å². The number of aromatic nitrogens is 2. The molecule has 0 radical (unpaired) electrons. The first-order valence-electron chi connectivity index (χ1n) is 7.65. The Morgan fingerprint density at radius 3 is 2.65 bits per heavy atom. The zero-order valence-electron chi connectivity index (χ0n) is 12.6. The van der Waals surface area contributed by atoms with Gasteiger partial charge < -0.3 is 5.32 Å². The molecule has 1 aromatic rings. The summed E-state index contributed by atoms with van der Waals surface area (Å²) in [5.41, 5.74) is 1.15. The van der Waals surface area contributed by atoms with E-state index in [0.29, 0.717) is 13.1 Å². The number of carbonyl (C=O) groups excluding carboxylic acids is 1. The maximum absolute atomic E-state index is 12.0. The molecule has 5 heteroatoms. The molecule has 1 atom stereocenters. The predicted molar refractivity (Wildman–Crippen MR) is 79.6 cm³/mol. The van der Waals surface area contributed by atoms with Gasteiger partial charge in [-0.15, -0.1) is 0 Å². The Morgan fingerprint density at radius 2 is 2.05 bits per heavy atom. The van der Waals surface area contributed by atoms with Crippen LogP contribution >= 0.6 is 0 Å². The highest BCUT2D eigenvalue weighted by Gasteiger charge is 2.14. The summed E-state index contributed by atoms with van der Waals surface area (Å²) in [5.74, 6) is 0.127. The fourth-order valence-corrected chi connectivity index (χ4v) is 2.58. The van der Waals surface area contributed by atoms with Crippen LogP contribution in [0.5, 0.6) is 0 Å². The molecule has 20 heavy (non-hydrogen) atoms. The molecule has 1 saturated heterocycles. The van der Waals surface area contributed by atoms with E-state index in [1.807, 2.05) is 24.0 Å². The Morgan fingerprint density at radius 1 is 1.35 bits per heavy atom. The highest BCUT2D eigenvalue weighted by atomic mass is 16.2. The van der Waals surface area contributed by atoms with Gasteiger partial charge >= 0.3 is 0 Å². The second-order valence-corrected chi connectivity index (χ2v) is 5.84. The number of carbonyl (C=O) groups is 1. The number of hydrogen-bond donors (Lipinski definition) is 1. The predicted octanol–water partition coefficient (Wildman–Crippen LogP) is 1.74. The van der Waals surface area contributed by atoms with Crippen LogP contribution in [0.4, 0.5) is 0 Å². The Hall–Kier alpha value is -1.36. The molecule has 1 unspecified atom stereocenters. The van der Waals surface area contributed by atoms with Crippen LogP contribution in [0.1, 0.15) is 44.2 Å². The molecule has 2 heterocycles. The van der Waals surface area contributed by atoms with Crippen molar-refractivity contribution < 1.29 is 4.79 Å². The van der Waals surface area contributed by atoms with E-state index in [2.05, 4.69) is 22.2 Å². The van der Waals surface area contributed by atoms with E-state index in [1.54, 1.807) is 0 Å². The summed E-state index contributed by atoms with van der Waals surface area (Å²) in [6.45, 7) is 7.37. The molecule has 1 amide bonds. The number of nitrogens with one attached hydrogen (secondary N) is 1. The van der Waals surface area contributed by atoms with Gasteiger partial charge in [0, 0.05) is 12.7 Å². The van der Waals surface area contributed by atoms with Crippen molar-refractivity contribution in [2.45, 2.75) is 45.6 Å². The Kier molecular flexibility index (Phi) is 5.59. The van der Waals surface area contributed by atoms with E-state index in [9.17, 15) is 4.79 Å². The van der Waals surface area contributed by atoms with Crippen LogP contribution in [0.15, 0.2) is 12.4 Å². The number of amides is 1. The molecule has 1 N–H and O–H groups in total. The lowest BCUT2D eigenvalue weighted by atomic mass is 10.2. The first-order chi connectivity index (χ1) is 9.65. The molecule has 0 bridgehead atoms. The standard InChI is InChI=1S/C15H26N4O/c1-13-9-17-19(11-13)14(2)10-16-15(20)12-18-7-5-3-4-6-8-18/h9,11,14H,3-8,10,12H2,1-2H3,(H,16,20). The van der Waals surface area contributed by atoms with Crippen molar-refractivity contribution in [3.63, 3.8) is 0 Å². The Balaban J connectivity index is 1.71. The van der Waals surface area contributed by atoms with Crippen molar-refractivity contribution >= 4 is 5.91 Å². The summed E-state index contributed by atoms with van der Waals surface area (Å²) in [7, 11) is 0. The molecular formula is C15H26N4O. The quantitative estimate of drug-likeness (QED) is 0.892. The Bertz CT molecular complexity index is 421. The third-order valence-corrected chi connectivity index (χ3v) is 3.84. The minimum atomic E-state index is 0.127. The van der Waals surface area contributed by atoms with Gasteiger partial charge in [0.2, 0.25) is 5.91 Å². The van der Waals surface area contributed by atoms with Crippen molar-refractivity contribution in [3.8, 4) is 0 Å². The summed E-state index contributed by atoms with van der Waals surface area (Å²) in [6.07, 6.45) is 8.88. The van der Waals surface area contributed by atoms with Gasteiger partial charge in [-0.1, -0.05) is 12.8 Å². The Labute approximate surface area is 121 Å². The second-order valence-electron chi connectivity index (χ2n) is 5.84. The van der Waals surface area contributed by atoms with Gasteiger partial charge in [0.05, 0.1) is 18.8 Å². The van der Waals surface area contributed by atoms with Gasteiger partial charge in [0.25, 0.3) is 0 Å². The molecule has 2 rings (SSSR count). The van der Waals surface area contributed by atoms with E-state index in [1.165, 1.54) is 25.7 Å². The van der Waals surface area contributed by atoms with E-state index >= 15 is 0 Å². The minimum Gasteiger partial charge on any atom is -0.353 e. The van der Waals surface area contributed by atoms with Gasteiger partial charge in [-0.25, -0.2) is 0 Å². The number of rotatable bonds is 5.